The number of aliphatic hydroxyl groups is 1. The highest BCUT2D eigenvalue weighted by atomic mass is 16.6. The fraction of sp³-hybridized carbons (Fsp3) is 0.808. The highest BCUT2D eigenvalue weighted by Gasteiger charge is 2.51. The normalized spacial score (nSPS) is 29.9. The van der Waals surface area contributed by atoms with Crippen molar-refractivity contribution in [1.82, 2.24) is 0 Å². The molecule has 1 heterocycles. The van der Waals surface area contributed by atoms with E-state index in [-0.39, 0.29) is 37.8 Å². The molecule has 5 nitrogen and oxygen atoms in total. The van der Waals surface area contributed by atoms with Gasteiger partial charge in [0.05, 0.1) is 12.2 Å². The van der Waals surface area contributed by atoms with E-state index in [4.69, 9.17) is 14.4 Å². The second kappa shape index (κ2) is 13.6. The number of aliphatic hydroxyl groups excluding tert-OH is 1. The molecule has 5 atom stereocenters. The van der Waals surface area contributed by atoms with Crippen LogP contribution in [0.25, 0.3) is 0 Å². The van der Waals surface area contributed by atoms with Crippen LogP contribution in [0.3, 0.4) is 0 Å². The zero-order valence-electron chi connectivity index (χ0n) is 19.9. The number of fused-ring (bicyclic) bond motifs is 2. The van der Waals surface area contributed by atoms with Crippen LogP contribution >= 0.6 is 0 Å². The molecule has 32 heavy (non-hydrogen) atoms. The van der Waals surface area contributed by atoms with Crippen molar-refractivity contribution in [2.75, 3.05) is 0 Å². The molecule has 1 aliphatic heterocycles. The number of rotatable bonds is 13. The summed E-state index contributed by atoms with van der Waals surface area (Å²) in [5, 5.41) is 19.2. The van der Waals surface area contributed by atoms with Crippen LogP contribution in [-0.2, 0) is 14.1 Å². The number of carboxylic acid groups (broad SMARTS) is 1. The van der Waals surface area contributed by atoms with Crippen molar-refractivity contribution in [1.29, 1.82) is 0 Å². The third kappa shape index (κ3) is 7.74. The summed E-state index contributed by atoms with van der Waals surface area (Å²) in [4.78, 5) is 10.7. The van der Waals surface area contributed by atoms with Crippen LogP contribution in [0.1, 0.15) is 96.8 Å². The van der Waals surface area contributed by atoms with E-state index in [9.17, 15) is 9.90 Å². The molecule has 0 aromatic rings. The number of aliphatic carboxylic acids is 1. The summed E-state index contributed by atoms with van der Waals surface area (Å²) in [5.41, 5.74) is 0. The van der Waals surface area contributed by atoms with Gasteiger partial charge in [-0.1, -0.05) is 82.6 Å². The minimum Gasteiger partial charge on any atom is -0.481 e. The highest BCUT2D eigenvalue weighted by molar-refractivity contribution is 6.46. The van der Waals surface area contributed by atoms with Crippen LogP contribution in [0.15, 0.2) is 24.3 Å². The van der Waals surface area contributed by atoms with Gasteiger partial charge in [-0.2, -0.15) is 0 Å². The Kier molecular flexibility index (Phi) is 10.8. The first-order valence-electron chi connectivity index (χ1n) is 13.1. The van der Waals surface area contributed by atoms with Gasteiger partial charge in [0, 0.05) is 18.4 Å². The van der Waals surface area contributed by atoms with Crippen LogP contribution in [0.4, 0.5) is 0 Å². The Hall–Kier alpha value is -1.11. The summed E-state index contributed by atoms with van der Waals surface area (Å²) in [7, 11) is -0.0750. The second-order valence-electron chi connectivity index (χ2n) is 10.0. The Bertz CT molecular complexity index is 615. The van der Waals surface area contributed by atoms with Crippen molar-refractivity contribution in [2.45, 2.75) is 121 Å². The van der Waals surface area contributed by atoms with Gasteiger partial charge in [0.25, 0.3) is 0 Å². The van der Waals surface area contributed by atoms with E-state index in [0.29, 0.717) is 18.2 Å². The summed E-state index contributed by atoms with van der Waals surface area (Å²) in [6.45, 7) is 2.18. The lowest BCUT2D eigenvalue weighted by Gasteiger charge is -2.34. The Morgan fingerprint density at radius 3 is 2.62 bits per heavy atom. The van der Waals surface area contributed by atoms with Gasteiger partial charge in [-0.15, -0.1) is 0 Å². The smallest absolute Gasteiger partial charge is 0.460 e. The molecule has 1 saturated heterocycles. The molecule has 0 aromatic carbocycles. The average molecular weight is 446 g/mol. The minimum absolute atomic E-state index is 0.0750. The molecular formula is C26H43BO5. The first-order valence-corrected chi connectivity index (χ1v) is 13.1. The highest BCUT2D eigenvalue weighted by Crippen LogP contribution is 2.46. The fourth-order valence-electron chi connectivity index (χ4n) is 5.67. The molecule has 0 radical (unpaired) electrons. The van der Waals surface area contributed by atoms with Gasteiger partial charge in [0.2, 0.25) is 0 Å². The molecule has 180 valence electrons. The molecule has 6 heteroatoms. The third-order valence-electron chi connectivity index (χ3n) is 7.51. The van der Waals surface area contributed by atoms with Crippen molar-refractivity contribution < 1.29 is 24.3 Å². The van der Waals surface area contributed by atoms with Crippen molar-refractivity contribution in [3.05, 3.63) is 24.3 Å². The Morgan fingerprint density at radius 1 is 1.09 bits per heavy atom. The molecule has 0 aromatic heterocycles. The van der Waals surface area contributed by atoms with Crippen LogP contribution in [0.5, 0.6) is 0 Å². The molecule has 0 amide bonds. The van der Waals surface area contributed by atoms with Crippen LogP contribution in [0.2, 0.25) is 5.82 Å². The molecule has 2 N–H and O–H groups in total. The van der Waals surface area contributed by atoms with Crippen molar-refractivity contribution in [3.8, 4) is 0 Å². The Labute approximate surface area is 194 Å². The molecule has 2 bridgehead atoms. The molecule has 0 unspecified atom stereocenters. The van der Waals surface area contributed by atoms with Crippen molar-refractivity contribution >= 4 is 13.1 Å². The molecule has 0 spiro atoms. The van der Waals surface area contributed by atoms with Gasteiger partial charge in [0.15, 0.2) is 0 Å². The van der Waals surface area contributed by atoms with Crippen molar-refractivity contribution in [3.63, 3.8) is 0 Å². The van der Waals surface area contributed by atoms with E-state index < -0.39 is 5.97 Å². The van der Waals surface area contributed by atoms with Crippen LogP contribution in [-0.4, -0.2) is 41.6 Å². The fourth-order valence-corrected chi connectivity index (χ4v) is 5.67. The lowest BCUT2D eigenvalue weighted by molar-refractivity contribution is -0.137. The molecule has 2 saturated carbocycles. The first kappa shape index (κ1) is 25.5. The minimum atomic E-state index is -0.731. The van der Waals surface area contributed by atoms with Gasteiger partial charge in [0.1, 0.15) is 0 Å². The Morgan fingerprint density at radius 2 is 1.88 bits per heavy atom. The number of hydrogen-bond donors (Lipinski definition) is 2. The quantitative estimate of drug-likeness (QED) is 0.208. The summed E-state index contributed by atoms with van der Waals surface area (Å²) < 4.78 is 13.0. The average Bonchev–Trinajstić information content (AvgIpc) is 3.03. The summed E-state index contributed by atoms with van der Waals surface area (Å²) in [5.74, 6) is 0.398. The zero-order chi connectivity index (χ0) is 22.8. The largest absolute Gasteiger partial charge is 0.481 e. The SMILES string of the molecule is CCCCC[C@H](O)/C=C/[C@@H]1[C@@H](C/C=C\CCCC(=O)O)[C@@H]2C[C@H]1OB(C1CCCCC1)O2. The first-order chi connectivity index (χ1) is 15.6. The number of carboxylic acids is 1. The van der Waals surface area contributed by atoms with E-state index in [1.807, 2.05) is 6.08 Å². The van der Waals surface area contributed by atoms with Crippen LogP contribution < -0.4 is 0 Å². The molecule has 3 aliphatic rings. The van der Waals surface area contributed by atoms with Crippen LogP contribution in [0, 0.1) is 11.8 Å². The topological polar surface area (TPSA) is 76.0 Å². The van der Waals surface area contributed by atoms with Gasteiger partial charge >= 0.3 is 13.1 Å². The monoisotopic (exact) mass is 446 g/mol. The molecular weight excluding hydrogens is 403 g/mol. The number of hydrogen-bond acceptors (Lipinski definition) is 4. The number of unbranched alkanes of at least 4 members (excludes halogenated alkanes) is 3. The van der Waals surface area contributed by atoms with Gasteiger partial charge in [-0.3, -0.25) is 4.79 Å². The molecule has 3 rings (SSSR count). The number of carbonyl (C=O) groups is 1. The third-order valence-corrected chi connectivity index (χ3v) is 7.51. The van der Waals surface area contributed by atoms with E-state index >= 15 is 0 Å². The second-order valence-corrected chi connectivity index (χ2v) is 10.0. The van der Waals surface area contributed by atoms with E-state index in [2.05, 4.69) is 25.2 Å². The summed E-state index contributed by atoms with van der Waals surface area (Å²) in [6, 6.07) is 0. The van der Waals surface area contributed by atoms with E-state index in [1.54, 1.807) is 0 Å². The van der Waals surface area contributed by atoms with Gasteiger partial charge in [-0.25, -0.2) is 0 Å². The lowest BCUT2D eigenvalue weighted by atomic mass is 9.63. The number of allylic oxidation sites excluding steroid dienone is 2. The van der Waals surface area contributed by atoms with Gasteiger partial charge < -0.3 is 19.5 Å². The predicted octanol–water partition coefficient (Wildman–Crippen LogP) is 5.93. The lowest BCUT2D eigenvalue weighted by Crippen LogP contribution is -2.41. The molecule has 3 fully saturated rings. The Balaban J connectivity index is 1.60. The molecule has 2 aliphatic carbocycles. The summed E-state index contributed by atoms with van der Waals surface area (Å²) in [6.07, 6.45) is 22.5. The van der Waals surface area contributed by atoms with Gasteiger partial charge in [-0.05, 0) is 43.8 Å². The van der Waals surface area contributed by atoms with E-state index in [0.717, 1.165) is 44.9 Å². The summed E-state index contributed by atoms with van der Waals surface area (Å²) >= 11 is 0. The van der Waals surface area contributed by atoms with E-state index in [1.165, 1.54) is 32.1 Å². The maximum atomic E-state index is 10.7. The maximum absolute atomic E-state index is 10.7. The zero-order valence-corrected chi connectivity index (χ0v) is 19.9. The standard InChI is InChI=1S/C26H43BO5/c1-2-3-7-14-21(28)17-18-23-22(15-10-4-5-11-16-26(29)30)24-19-25(23)32-27(31-24)20-12-8-6-9-13-20/h4,10,17-18,20-25,28H,2-3,5-9,11-16,19H2,1H3,(H,29,30)/b10-4-,18-17+/t21-,22+,23+,24-,25+/m0/s1. The van der Waals surface area contributed by atoms with Crippen molar-refractivity contribution in [2.24, 2.45) is 11.8 Å². The predicted molar refractivity (Wildman–Crippen MR) is 128 cm³/mol. The maximum Gasteiger partial charge on any atom is 0.460 e.